The van der Waals surface area contributed by atoms with E-state index >= 15 is 0 Å². The van der Waals surface area contributed by atoms with Crippen LogP contribution < -0.4 is 4.74 Å². The zero-order valence-corrected chi connectivity index (χ0v) is 9.34. The van der Waals surface area contributed by atoms with Crippen molar-refractivity contribution < 1.29 is 4.74 Å². The van der Waals surface area contributed by atoms with Crippen molar-refractivity contribution in [3.8, 4) is 17.0 Å². The Hall–Kier alpha value is -2.36. The van der Waals surface area contributed by atoms with Crippen LogP contribution >= 0.6 is 0 Å². The summed E-state index contributed by atoms with van der Waals surface area (Å²) in [5, 5.41) is 0. The molecule has 1 N–H and O–H groups in total. The van der Waals surface area contributed by atoms with E-state index in [9.17, 15) is 0 Å². The monoisotopic (exact) mass is 225 g/mol. The first-order valence-electron chi connectivity index (χ1n) is 5.30. The molecule has 0 unspecified atom stereocenters. The fraction of sp³-hybridized carbons (Fsp3) is 0.0769. The zero-order chi connectivity index (χ0) is 11.7. The predicted molar refractivity (Wildman–Crippen MR) is 65.9 cm³/mol. The van der Waals surface area contributed by atoms with Gasteiger partial charge in [-0.3, -0.25) is 0 Å². The second-order valence-electron chi connectivity index (χ2n) is 3.72. The molecule has 3 rings (SSSR count). The quantitative estimate of drug-likeness (QED) is 0.729. The molecule has 4 heteroatoms. The lowest BCUT2D eigenvalue weighted by Crippen LogP contribution is -1.87. The molecular formula is C13H11N3O. The summed E-state index contributed by atoms with van der Waals surface area (Å²) in [6.07, 6.45) is 3.50. The third kappa shape index (κ3) is 1.73. The van der Waals surface area contributed by atoms with Crippen molar-refractivity contribution in [2.24, 2.45) is 0 Å². The van der Waals surface area contributed by atoms with Gasteiger partial charge in [-0.05, 0) is 23.8 Å². The molecule has 0 bridgehead atoms. The first-order chi connectivity index (χ1) is 8.36. The summed E-state index contributed by atoms with van der Waals surface area (Å²) in [5.74, 6) is 0.622. The summed E-state index contributed by atoms with van der Waals surface area (Å²) < 4.78 is 5.04. The minimum absolute atomic E-state index is 0.622. The van der Waals surface area contributed by atoms with Gasteiger partial charge in [0.1, 0.15) is 0 Å². The van der Waals surface area contributed by atoms with Crippen LogP contribution in [0.2, 0.25) is 0 Å². The number of pyridine rings is 1. The normalized spacial score (nSPS) is 10.6. The second kappa shape index (κ2) is 3.90. The average Bonchev–Trinajstić information content (AvgIpc) is 2.86. The van der Waals surface area contributed by atoms with Crippen LogP contribution in [0.4, 0.5) is 0 Å². The number of aromatic nitrogens is 3. The summed E-state index contributed by atoms with van der Waals surface area (Å²) in [6, 6.07) is 9.93. The van der Waals surface area contributed by atoms with Gasteiger partial charge in [0.25, 0.3) is 0 Å². The number of benzene rings is 1. The zero-order valence-electron chi connectivity index (χ0n) is 9.34. The topological polar surface area (TPSA) is 50.8 Å². The number of hydrogen-bond donors (Lipinski definition) is 1. The maximum Gasteiger partial charge on any atom is 0.212 e. The van der Waals surface area contributed by atoms with E-state index in [1.54, 1.807) is 19.6 Å². The van der Waals surface area contributed by atoms with Crippen molar-refractivity contribution in [3.63, 3.8) is 0 Å². The molecule has 0 spiro atoms. The Morgan fingerprint density at radius 2 is 1.94 bits per heavy atom. The van der Waals surface area contributed by atoms with E-state index in [1.165, 1.54) is 0 Å². The van der Waals surface area contributed by atoms with E-state index in [-0.39, 0.29) is 0 Å². The van der Waals surface area contributed by atoms with E-state index in [0.29, 0.717) is 5.88 Å². The highest BCUT2D eigenvalue weighted by Gasteiger charge is 2.02. The van der Waals surface area contributed by atoms with E-state index in [0.717, 1.165) is 22.2 Å². The molecule has 0 saturated carbocycles. The molecular weight excluding hydrogens is 214 g/mol. The standard InChI is InChI=1S/C13H11N3O/c1-17-13-5-3-10(7-14-13)9-2-4-11-12(6-9)16-8-15-11/h2-8H,1H3,(H,15,16). The first-order valence-corrected chi connectivity index (χ1v) is 5.30. The molecule has 84 valence electrons. The molecule has 0 radical (unpaired) electrons. The molecule has 4 nitrogen and oxygen atoms in total. The van der Waals surface area contributed by atoms with Crippen molar-refractivity contribution >= 4 is 11.0 Å². The Kier molecular flexibility index (Phi) is 2.26. The van der Waals surface area contributed by atoms with Crippen LogP contribution in [0, 0.1) is 0 Å². The lowest BCUT2D eigenvalue weighted by atomic mass is 10.1. The van der Waals surface area contributed by atoms with Gasteiger partial charge < -0.3 is 9.72 Å². The van der Waals surface area contributed by atoms with Crippen LogP contribution in [-0.2, 0) is 0 Å². The second-order valence-corrected chi connectivity index (χ2v) is 3.72. The third-order valence-electron chi connectivity index (χ3n) is 2.70. The highest BCUT2D eigenvalue weighted by atomic mass is 16.5. The van der Waals surface area contributed by atoms with E-state index in [4.69, 9.17) is 4.74 Å². The number of hydrogen-bond acceptors (Lipinski definition) is 3. The van der Waals surface area contributed by atoms with Gasteiger partial charge in [0.05, 0.1) is 24.5 Å². The minimum Gasteiger partial charge on any atom is -0.481 e. The number of nitrogens with zero attached hydrogens (tertiary/aromatic N) is 2. The third-order valence-corrected chi connectivity index (χ3v) is 2.70. The van der Waals surface area contributed by atoms with Gasteiger partial charge in [-0.1, -0.05) is 6.07 Å². The SMILES string of the molecule is COc1ccc(-c2ccc3nc[nH]c3c2)cn1. The van der Waals surface area contributed by atoms with Crippen molar-refractivity contribution in [2.45, 2.75) is 0 Å². The Bertz CT molecular complexity index is 643. The molecule has 0 saturated heterocycles. The molecule has 2 aromatic heterocycles. The number of aromatic amines is 1. The largest absolute Gasteiger partial charge is 0.481 e. The van der Waals surface area contributed by atoms with Crippen LogP contribution in [0.3, 0.4) is 0 Å². The van der Waals surface area contributed by atoms with E-state index in [2.05, 4.69) is 21.0 Å². The first kappa shape index (κ1) is 9.84. The number of imidazole rings is 1. The molecule has 17 heavy (non-hydrogen) atoms. The summed E-state index contributed by atoms with van der Waals surface area (Å²) in [5.41, 5.74) is 4.16. The molecule has 1 aromatic carbocycles. The van der Waals surface area contributed by atoms with Crippen LogP contribution in [0.25, 0.3) is 22.2 Å². The number of rotatable bonds is 2. The molecule has 3 aromatic rings. The summed E-state index contributed by atoms with van der Waals surface area (Å²) >= 11 is 0. The van der Waals surface area contributed by atoms with Crippen molar-refractivity contribution in [1.82, 2.24) is 15.0 Å². The average molecular weight is 225 g/mol. The van der Waals surface area contributed by atoms with Gasteiger partial charge in [-0.15, -0.1) is 0 Å². The Morgan fingerprint density at radius 1 is 1.06 bits per heavy atom. The highest BCUT2D eigenvalue weighted by Crippen LogP contribution is 2.23. The maximum absolute atomic E-state index is 5.04. The number of fused-ring (bicyclic) bond motifs is 1. The molecule has 0 amide bonds. The number of methoxy groups -OCH3 is 1. The van der Waals surface area contributed by atoms with Crippen molar-refractivity contribution in [3.05, 3.63) is 42.9 Å². The summed E-state index contributed by atoms with van der Waals surface area (Å²) in [6.45, 7) is 0. The van der Waals surface area contributed by atoms with Gasteiger partial charge >= 0.3 is 0 Å². The van der Waals surface area contributed by atoms with Gasteiger partial charge in [0.15, 0.2) is 0 Å². The maximum atomic E-state index is 5.04. The molecule has 2 heterocycles. The Balaban J connectivity index is 2.06. The lowest BCUT2D eigenvalue weighted by molar-refractivity contribution is 0.398. The number of ether oxygens (including phenoxy) is 1. The number of H-pyrrole nitrogens is 1. The van der Waals surface area contributed by atoms with Crippen LogP contribution in [0.5, 0.6) is 5.88 Å². The minimum atomic E-state index is 0.622. The Morgan fingerprint density at radius 3 is 2.71 bits per heavy atom. The van der Waals surface area contributed by atoms with Gasteiger partial charge in [-0.2, -0.15) is 0 Å². The molecule has 0 aliphatic carbocycles. The molecule has 0 atom stereocenters. The van der Waals surface area contributed by atoms with E-state index < -0.39 is 0 Å². The predicted octanol–water partition coefficient (Wildman–Crippen LogP) is 2.63. The lowest BCUT2D eigenvalue weighted by Gasteiger charge is -2.02. The highest BCUT2D eigenvalue weighted by molar-refractivity contribution is 5.81. The van der Waals surface area contributed by atoms with Crippen molar-refractivity contribution in [1.29, 1.82) is 0 Å². The summed E-state index contributed by atoms with van der Waals surface area (Å²) in [4.78, 5) is 11.5. The molecule has 0 fully saturated rings. The van der Waals surface area contributed by atoms with Gasteiger partial charge in [-0.25, -0.2) is 9.97 Å². The fourth-order valence-electron chi connectivity index (χ4n) is 1.79. The Labute approximate surface area is 98.3 Å². The smallest absolute Gasteiger partial charge is 0.212 e. The van der Waals surface area contributed by atoms with Crippen LogP contribution in [0.1, 0.15) is 0 Å². The molecule has 0 aliphatic heterocycles. The summed E-state index contributed by atoms with van der Waals surface area (Å²) in [7, 11) is 1.61. The van der Waals surface area contributed by atoms with E-state index in [1.807, 2.05) is 24.3 Å². The van der Waals surface area contributed by atoms with Gasteiger partial charge in [0.2, 0.25) is 5.88 Å². The van der Waals surface area contributed by atoms with Crippen LogP contribution in [0.15, 0.2) is 42.9 Å². The number of nitrogens with one attached hydrogen (secondary N) is 1. The van der Waals surface area contributed by atoms with Crippen LogP contribution in [-0.4, -0.2) is 22.1 Å². The molecule has 0 aliphatic rings. The fourth-order valence-corrected chi connectivity index (χ4v) is 1.79. The van der Waals surface area contributed by atoms with Gasteiger partial charge in [0, 0.05) is 17.8 Å². The van der Waals surface area contributed by atoms with Crippen molar-refractivity contribution in [2.75, 3.05) is 7.11 Å².